The number of morpholine rings is 1. The molecule has 3 atom stereocenters. The van der Waals surface area contributed by atoms with Crippen LogP contribution in [0.3, 0.4) is 0 Å². The van der Waals surface area contributed by atoms with Gasteiger partial charge in [0.25, 0.3) is 0 Å². The van der Waals surface area contributed by atoms with E-state index in [-0.39, 0.29) is 42.6 Å². The van der Waals surface area contributed by atoms with Gasteiger partial charge in [-0.3, -0.25) is 9.59 Å². The summed E-state index contributed by atoms with van der Waals surface area (Å²) in [6, 6.07) is 4.78. The van der Waals surface area contributed by atoms with Crippen molar-refractivity contribution in [3.8, 4) is 0 Å². The molecule has 0 radical (unpaired) electrons. The molecule has 0 aromatic heterocycles. The summed E-state index contributed by atoms with van der Waals surface area (Å²) in [5, 5.41) is 0. The molecule has 0 N–H and O–H groups in total. The molecular weight excluding hydrogens is 311 g/mol. The summed E-state index contributed by atoms with van der Waals surface area (Å²) in [5.41, 5.74) is 1.05. The molecule has 2 fully saturated rings. The lowest BCUT2D eigenvalue weighted by Crippen LogP contribution is -2.52. The van der Waals surface area contributed by atoms with Gasteiger partial charge in [0.1, 0.15) is 5.82 Å². The van der Waals surface area contributed by atoms with Crippen molar-refractivity contribution in [2.24, 2.45) is 5.92 Å². The van der Waals surface area contributed by atoms with Gasteiger partial charge in [-0.2, -0.15) is 0 Å². The molecule has 2 aliphatic heterocycles. The maximum Gasteiger partial charge on any atom is 0.228 e. The van der Waals surface area contributed by atoms with Crippen LogP contribution < -0.4 is 4.90 Å². The van der Waals surface area contributed by atoms with Gasteiger partial charge in [0, 0.05) is 19.5 Å². The zero-order valence-electron chi connectivity index (χ0n) is 14.3. The summed E-state index contributed by atoms with van der Waals surface area (Å²) < 4.78 is 19.7. The van der Waals surface area contributed by atoms with Crippen LogP contribution in [-0.4, -0.2) is 48.6 Å². The van der Waals surface area contributed by atoms with Crippen LogP contribution in [0.1, 0.15) is 25.8 Å². The quantitative estimate of drug-likeness (QED) is 0.832. The van der Waals surface area contributed by atoms with E-state index in [9.17, 15) is 14.0 Å². The van der Waals surface area contributed by atoms with E-state index in [1.807, 2.05) is 13.8 Å². The van der Waals surface area contributed by atoms with Crippen LogP contribution in [0.15, 0.2) is 18.2 Å². The molecule has 0 bridgehead atoms. The predicted molar refractivity (Wildman–Crippen MR) is 88.2 cm³/mol. The minimum atomic E-state index is -0.426. The number of carbonyl (C=O) groups excluding carboxylic acids is 2. The highest BCUT2D eigenvalue weighted by Crippen LogP contribution is 2.29. The Hall–Kier alpha value is -1.95. The van der Waals surface area contributed by atoms with E-state index in [2.05, 4.69) is 0 Å². The van der Waals surface area contributed by atoms with Crippen LogP contribution in [0.4, 0.5) is 10.1 Å². The van der Waals surface area contributed by atoms with Gasteiger partial charge >= 0.3 is 0 Å². The molecule has 130 valence electrons. The number of amides is 2. The van der Waals surface area contributed by atoms with Crippen molar-refractivity contribution in [3.05, 3.63) is 29.6 Å². The molecule has 0 aliphatic carbocycles. The minimum absolute atomic E-state index is 0.00559. The number of hydrogen-bond donors (Lipinski definition) is 0. The first-order valence-electron chi connectivity index (χ1n) is 8.35. The van der Waals surface area contributed by atoms with Crippen LogP contribution in [0.2, 0.25) is 0 Å². The smallest absolute Gasteiger partial charge is 0.228 e. The molecule has 0 spiro atoms. The van der Waals surface area contributed by atoms with E-state index in [1.54, 1.807) is 24.0 Å². The topological polar surface area (TPSA) is 49.9 Å². The fourth-order valence-corrected chi connectivity index (χ4v) is 3.38. The number of hydrogen-bond acceptors (Lipinski definition) is 3. The number of ether oxygens (including phenoxy) is 1. The van der Waals surface area contributed by atoms with E-state index in [1.165, 1.54) is 11.0 Å². The fourth-order valence-electron chi connectivity index (χ4n) is 3.38. The van der Waals surface area contributed by atoms with Crippen LogP contribution in [-0.2, 0) is 14.3 Å². The summed E-state index contributed by atoms with van der Waals surface area (Å²) in [6.07, 6.45) is 0.123. The van der Waals surface area contributed by atoms with Crippen molar-refractivity contribution >= 4 is 17.5 Å². The first kappa shape index (κ1) is 16.9. The highest BCUT2D eigenvalue weighted by Gasteiger charge is 2.40. The van der Waals surface area contributed by atoms with Crippen LogP contribution >= 0.6 is 0 Å². The van der Waals surface area contributed by atoms with Crippen molar-refractivity contribution in [1.29, 1.82) is 0 Å². The predicted octanol–water partition coefficient (Wildman–Crippen LogP) is 2.12. The Kier molecular flexibility index (Phi) is 4.58. The standard InChI is InChI=1S/C18H23FN2O3/c1-11-4-5-16(15(19)6-11)21-9-14(7-17(21)22)18(23)20-8-13(3)24-10-12(20)2/h4-6,12-14H,7-10H2,1-3H3/t12-,13+,14-/m1/s1. The number of aryl methyl sites for hydroxylation is 1. The Labute approximate surface area is 141 Å². The van der Waals surface area contributed by atoms with Gasteiger partial charge in [-0.15, -0.1) is 0 Å². The summed E-state index contributed by atoms with van der Waals surface area (Å²) in [4.78, 5) is 28.3. The first-order chi connectivity index (χ1) is 11.4. The molecule has 2 saturated heterocycles. The minimum Gasteiger partial charge on any atom is -0.375 e. The second-order valence-corrected chi connectivity index (χ2v) is 6.84. The summed E-state index contributed by atoms with van der Waals surface area (Å²) in [7, 11) is 0. The highest BCUT2D eigenvalue weighted by molar-refractivity contribution is 6.00. The van der Waals surface area contributed by atoms with Crippen molar-refractivity contribution in [2.45, 2.75) is 39.3 Å². The third-order valence-electron chi connectivity index (χ3n) is 4.76. The average molecular weight is 334 g/mol. The highest BCUT2D eigenvalue weighted by atomic mass is 19.1. The number of rotatable bonds is 2. The molecule has 1 aromatic carbocycles. The number of carbonyl (C=O) groups is 2. The Bertz CT molecular complexity index is 664. The Morgan fingerprint density at radius 1 is 1.29 bits per heavy atom. The van der Waals surface area contributed by atoms with Crippen LogP contribution in [0.25, 0.3) is 0 Å². The molecule has 6 heteroatoms. The maximum atomic E-state index is 14.2. The zero-order valence-corrected chi connectivity index (χ0v) is 14.3. The SMILES string of the molecule is Cc1ccc(N2C[C@H](C(=O)N3C[C@H](C)OC[C@H]3C)CC2=O)c(F)c1. The monoisotopic (exact) mass is 334 g/mol. The van der Waals surface area contributed by atoms with Crippen molar-refractivity contribution < 1.29 is 18.7 Å². The third-order valence-corrected chi connectivity index (χ3v) is 4.76. The number of anilines is 1. The Morgan fingerprint density at radius 2 is 2.04 bits per heavy atom. The van der Waals surface area contributed by atoms with Gasteiger partial charge in [0.05, 0.1) is 30.4 Å². The molecule has 2 heterocycles. The molecule has 24 heavy (non-hydrogen) atoms. The summed E-state index contributed by atoms with van der Waals surface area (Å²) in [5.74, 6) is -1.10. The number of benzene rings is 1. The summed E-state index contributed by atoms with van der Waals surface area (Å²) in [6.45, 7) is 6.94. The van der Waals surface area contributed by atoms with Crippen molar-refractivity contribution in [2.75, 3.05) is 24.6 Å². The lowest BCUT2D eigenvalue weighted by atomic mass is 10.0. The molecule has 2 aliphatic rings. The second-order valence-electron chi connectivity index (χ2n) is 6.84. The zero-order chi connectivity index (χ0) is 17.4. The van der Waals surface area contributed by atoms with Crippen molar-refractivity contribution in [1.82, 2.24) is 4.90 Å². The lowest BCUT2D eigenvalue weighted by Gasteiger charge is -2.38. The van der Waals surface area contributed by atoms with Gasteiger partial charge in [-0.1, -0.05) is 6.07 Å². The molecule has 5 nitrogen and oxygen atoms in total. The molecule has 1 aromatic rings. The van der Waals surface area contributed by atoms with Gasteiger partial charge in [-0.05, 0) is 38.5 Å². The second kappa shape index (κ2) is 6.51. The molecule has 3 rings (SSSR count). The molecule has 0 saturated carbocycles. The number of halogens is 1. The molecular formula is C18H23FN2O3. The number of nitrogens with zero attached hydrogens (tertiary/aromatic N) is 2. The van der Waals surface area contributed by atoms with Gasteiger partial charge < -0.3 is 14.5 Å². The lowest BCUT2D eigenvalue weighted by molar-refractivity contribution is -0.147. The van der Waals surface area contributed by atoms with Gasteiger partial charge in [-0.25, -0.2) is 4.39 Å². The Balaban J connectivity index is 1.75. The van der Waals surface area contributed by atoms with E-state index in [4.69, 9.17) is 4.74 Å². The normalized spacial score (nSPS) is 27.7. The first-order valence-corrected chi connectivity index (χ1v) is 8.35. The van der Waals surface area contributed by atoms with Gasteiger partial charge in [0.2, 0.25) is 11.8 Å². The largest absolute Gasteiger partial charge is 0.375 e. The molecule has 2 amide bonds. The Morgan fingerprint density at radius 3 is 2.75 bits per heavy atom. The molecule has 0 unspecified atom stereocenters. The van der Waals surface area contributed by atoms with E-state index < -0.39 is 11.7 Å². The maximum absolute atomic E-state index is 14.2. The average Bonchev–Trinajstić information content (AvgIpc) is 2.91. The van der Waals surface area contributed by atoms with Crippen LogP contribution in [0.5, 0.6) is 0 Å². The summed E-state index contributed by atoms with van der Waals surface area (Å²) >= 11 is 0. The van der Waals surface area contributed by atoms with E-state index in [0.29, 0.717) is 13.2 Å². The third kappa shape index (κ3) is 3.15. The van der Waals surface area contributed by atoms with E-state index in [0.717, 1.165) is 5.56 Å². The van der Waals surface area contributed by atoms with E-state index >= 15 is 0 Å². The van der Waals surface area contributed by atoms with Crippen molar-refractivity contribution in [3.63, 3.8) is 0 Å². The van der Waals surface area contributed by atoms with Gasteiger partial charge in [0.15, 0.2) is 0 Å². The van der Waals surface area contributed by atoms with Crippen LogP contribution in [0, 0.1) is 18.7 Å². The fraction of sp³-hybridized carbons (Fsp3) is 0.556.